The first kappa shape index (κ1) is 22.2. The van der Waals surface area contributed by atoms with E-state index in [1.807, 2.05) is 5.32 Å². The Morgan fingerprint density at radius 2 is 1.77 bits per heavy atom. The molecule has 0 saturated heterocycles. The smallest absolute Gasteiger partial charge is 0.277 e. The first-order valence-corrected chi connectivity index (χ1v) is 9.66. The molecular weight excluding hydrogens is 437 g/mol. The van der Waals surface area contributed by atoms with Crippen molar-refractivity contribution in [2.45, 2.75) is 5.22 Å². The summed E-state index contributed by atoms with van der Waals surface area (Å²) in [7, 11) is 1.55. The summed E-state index contributed by atoms with van der Waals surface area (Å²) in [6.45, 7) is -0.501. The summed E-state index contributed by atoms with van der Waals surface area (Å²) in [6, 6.07) is 8.49. The Morgan fingerprint density at radius 3 is 2.48 bits per heavy atom. The maximum Gasteiger partial charge on any atom is 0.277 e. The van der Waals surface area contributed by atoms with Crippen molar-refractivity contribution >= 4 is 29.3 Å². The Balaban J connectivity index is 1.45. The molecule has 2 amide bonds. The molecule has 0 spiro atoms. The number of carbonyl (C=O) groups is 2. The first-order valence-electron chi connectivity index (χ1n) is 8.68. The molecule has 0 fully saturated rings. The number of methoxy groups -OCH3 is 1. The van der Waals surface area contributed by atoms with Crippen molar-refractivity contribution in [3.8, 4) is 17.2 Å². The molecule has 12 heteroatoms. The molecule has 0 bridgehead atoms. The first-order chi connectivity index (χ1) is 14.9. The summed E-state index contributed by atoms with van der Waals surface area (Å²) in [5, 5.41) is 12.2. The predicted molar refractivity (Wildman–Crippen MR) is 105 cm³/mol. The molecule has 0 unspecified atom stereocenters. The van der Waals surface area contributed by atoms with E-state index in [4.69, 9.17) is 9.15 Å². The number of nitrogens with zero attached hydrogens (tertiary/aromatic N) is 2. The zero-order valence-corrected chi connectivity index (χ0v) is 16.8. The molecule has 8 nitrogen and oxygen atoms in total. The molecule has 0 aliphatic rings. The van der Waals surface area contributed by atoms with E-state index in [1.165, 1.54) is 0 Å². The summed E-state index contributed by atoms with van der Waals surface area (Å²) in [5.41, 5.74) is 0.134. The number of aromatic nitrogens is 2. The Bertz CT molecular complexity index is 1090. The highest BCUT2D eigenvalue weighted by Crippen LogP contribution is 2.24. The lowest BCUT2D eigenvalue weighted by molar-refractivity contribution is -0.122. The monoisotopic (exact) mass is 452 g/mol. The van der Waals surface area contributed by atoms with E-state index >= 15 is 0 Å². The van der Waals surface area contributed by atoms with Gasteiger partial charge in [-0.15, -0.1) is 10.2 Å². The van der Waals surface area contributed by atoms with Crippen LogP contribution in [-0.4, -0.2) is 41.4 Å². The molecule has 0 atom stereocenters. The maximum atomic E-state index is 13.5. The minimum absolute atomic E-state index is 0.128. The second kappa shape index (κ2) is 9.98. The number of halogens is 3. The van der Waals surface area contributed by atoms with Crippen molar-refractivity contribution in [2.24, 2.45) is 0 Å². The van der Waals surface area contributed by atoms with Crippen molar-refractivity contribution < 1.29 is 31.9 Å². The maximum absolute atomic E-state index is 13.5. The number of ether oxygens (including phenoxy) is 1. The van der Waals surface area contributed by atoms with Gasteiger partial charge in [0.1, 0.15) is 5.75 Å². The molecule has 0 aliphatic heterocycles. The van der Waals surface area contributed by atoms with Gasteiger partial charge >= 0.3 is 0 Å². The third-order valence-corrected chi connectivity index (χ3v) is 4.64. The van der Waals surface area contributed by atoms with Crippen LogP contribution in [-0.2, 0) is 9.59 Å². The standard InChI is InChI=1S/C19H15F3N4O4S/c1-29-11-4-2-10(3-5-11)18-25-26-19(30-18)31-9-15(28)23-8-14(27)24-13-7-6-12(20)16(21)17(13)22/h2-7H,8-9H2,1H3,(H,23,28)(H,24,27). The number of amides is 2. The van der Waals surface area contributed by atoms with Crippen LogP contribution in [0.25, 0.3) is 11.5 Å². The van der Waals surface area contributed by atoms with Crippen molar-refractivity contribution in [3.05, 3.63) is 53.8 Å². The third kappa shape index (κ3) is 5.75. The zero-order chi connectivity index (χ0) is 22.4. The second-order valence-electron chi connectivity index (χ2n) is 5.94. The lowest BCUT2D eigenvalue weighted by atomic mass is 10.2. The fraction of sp³-hybridized carbons (Fsp3) is 0.158. The SMILES string of the molecule is COc1ccc(-c2nnc(SCC(=O)NCC(=O)Nc3ccc(F)c(F)c3F)o2)cc1. The van der Waals surface area contributed by atoms with Crippen LogP contribution in [0, 0.1) is 17.5 Å². The fourth-order valence-electron chi connectivity index (χ4n) is 2.29. The van der Waals surface area contributed by atoms with E-state index in [2.05, 4.69) is 15.5 Å². The Kier molecular flexibility index (Phi) is 7.13. The normalized spacial score (nSPS) is 10.6. The van der Waals surface area contributed by atoms with Crippen molar-refractivity contribution in [1.82, 2.24) is 15.5 Å². The van der Waals surface area contributed by atoms with Gasteiger partial charge in [-0.25, -0.2) is 13.2 Å². The highest BCUT2D eigenvalue weighted by molar-refractivity contribution is 7.99. The third-order valence-electron chi connectivity index (χ3n) is 3.83. The van der Waals surface area contributed by atoms with Crippen LogP contribution in [0.4, 0.5) is 18.9 Å². The second-order valence-corrected chi connectivity index (χ2v) is 6.86. The summed E-state index contributed by atoms with van der Waals surface area (Å²) in [6.07, 6.45) is 0. The van der Waals surface area contributed by atoms with Crippen LogP contribution in [0.15, 0.2) is 46.0 Å². The van der Waals surface area contributed by atoms with Crippen LogP contribution in [0.1, 0.15) is 0 Å². The predicted octanol–water partition coefficient (Wildman–Crippen LogP) is 3.01. The zero-order valence-electron chi connectivity index (χ0n) is 15.9. The minimum atomic E-state index is -1.70. The summed E-state index contributed by atoms with van der Waals surface area (Å²) >= 11 is 0.953. The van der Waals surface area contributed by atoms with Crippen molar-refractivity contribution in [2.75, 3.05) is 24.7 Å². The Labute approximate surface area is 178 Å². The van der Waals surface area contributed by atoms with Gasteiger partial charge in [-0.2, -0.15) is 0 Å². The van der Waals surface area contributed by atoms with E-state index < -0.39 is 41.5 Å². The van der Waals surface area contributed by atoms with E-state index in [0.29, 0.717) is 17.4 Å². The van der Waals surface area contributed by atoms with Crippen molar-refractivity contribution in [3.63, 3.8) is 0 Å². The molecule has 0 saturated carbocycles. The Hall–Kier alpha value is -3.54. The summed E-state index contributed by atoms with van der Waals surface area (Å²) in [4.78, 5) is 23.7. The average molecular weight is 452 g/mol. The van der Waals surface area contributed by atoms with Crippen LogP contribution in [0.5, 0.6) is 5.75 Å². The van der Waals surface area contributed by atoms with Gasteiger partial charge in [0.25, 0.3) is 5.22 Å². The molecule has 1 aromatic heterocycles. The van der Waals surface area contributed by atoms with E-state index in [-0.39, 0.29) is 16.9 Å². The highest BCUT2D eigenvalue weighted by atomic mass is 32.2. The topological polar surface area (TPSA) is 106 Å². The van der Waals surface area contributed by atoms with Gasteiger partial charge in [0, 0.05) is 5.56 Å². The van der Waals surface area contributed by atoms with Crippen LogP contribution >= 0.6 is 11.8 Å². The molecule has 0 radical (unpaired) electrons. The highest BCUT2D eigenvalue weighted by Gasteiger charge is 2.16. The van der Waals surface area contributed by atoms with E-state index in [9.17, 15) is 22.8 Å². The van der Waals surface area contributed by atoms with Crippen LogP contribution < -0.4 is 15.4 Å². The van der Waals surface area contributed by atoms with E-state index in [0.717, 1.165) is 17.8 Å². The number of anilines is 1. The summed E-state index contributed by atoms with van der Waals surface area (Å²) in [5.74, 6) is -5.15. The Morgan fingerprint density at radius 1 is 1.03 bits per heavy atom. The molecular formula is C19H15F3N4O4S. The van der Waals surface area contributed by atoms with Gasteiger partial charge in [0.05, 0.1) is 25.1 Å². The number of carbonyl (C=O) groups excluding carboxylic acids is 2. The fourth-order valence-corrected chi connectivity index (χ4v) is 2.89. The average Bonchev–Trinajstić information content (AvgIpc) is 3.26. The van der Waals surface area contributed by atoms with Gasteiger partial charge in [-0.05, 0) is 36.4 Å². The largest absolute Gasteiger partial charge is 0.497 e. The number of thioether (sulfide) groups is 1. The van der Waals surface area contributed by atoms with Crippen LogP contribution in [0.3, 0.4) is 0 Å². The van der Waals surface area contributed by atoms with Gasteiger partial charge in [-0.1, -0.05) is 11.8 Å². The lowest BCUT2D eigenvalue weighted by Crippen LogP contribution is -2.34. The van der Waals surface area contributed by atoms with Crippen molar-refractivity contribution in [1.29, 1.82) is 0 Å². The van der Waals surface area contributed by atoms with Crippen LogP contribution in [0.2, 0.25) is 0 Å². The molecule has 1 heterocycles. The minimum Gasteiger partial charge on any atom is -0.497 e. The molecule has 162 valence electrons. The number of nitrogens with one attached hydrogen (secondary N) is 2. The van der Waals surface area contributed by atoms with Gasteiger partial charge in [0.15, 0.2) is 17.5 Å². The van der Waals surface area contributed by atoms with E-state index in [1.54, 1.807) is 31.4 Å². The molecule has 3 rings (SSSR count). The molecule has 3 aromatic rings. The molecule has 0 aliphatic carbocycles. The number of hydrogen-bond acceptors (Lipinski definition) is 7. The molecule has 31 heavy (non-hydrogen) atoms. The number of rotatable bonds is 8. The van der Waals surface area contributed by atoms with Gasteiger partial charge in [0.2, 0.25) is 17.7 Å². The van der Waals surface area contributed by atoms with Gasteiger partial charge in [-0.3, -0.25) is 9.59 Å². The molecule has 2 aromatic carbocycles. The van der Waals surface area contributed by atoms with Gasteiger partial charge < -0.3 is 19.8 Å². The molecule has 2 N–H and O–H groups in total. The number of hydrogen-bond donors (Lipinski definition) is 2. The quantitative estimate of drug-likeness (QED) is 0.400. The summed E-state index contributed by atoms with van der Waals surface area (Å²) < 4.78 is 50.1. The number of benzene rings is 2. The lowest BCUT2D eigenvalue weighted by Gasteiger charge is -2.08.